The van der Waals surface area contributed by atoms with Gasteiger partial charge in [-0.25, -0.2) is 0 Å². The fourth-order valence-electron chi connectivity index (χ4n) is 1.33. The Bertz CT molecular complexity index is 168. The molecule has 0 atom stereocenters. The van der Waals surface area contributed by atoms with Crippen molar-refractivity contribution in [1.29, 1.82) is 0 Å². The molecule has 0 fully saturated rings. The lowest BCUT2D eigenvalue weighted by Gasteiger charge is -2.27. The Morgan fingerprint density at radius 2 is 1.86 bits per heavy atom. The number of hydrogen-bond donors (Lipinski definition) is 1. The van der Waals surface area contributed by atoms with Gasteiger partial charge in [0.15, 0.2) is 0 Å². The summed E-state index contributed by atoms with van der Waals surface area (Å²) < 4.78 is 0. The summed E-state index contributed by atoms with van der Waals surface area (Å²) in [6.45, 7) is 18.0. The Balaban J connectivity index is 3.77. The van der Waals surface area contributed by atoms with Crippen LogP contribution in [0.1, 0.15) is 41.0 Å². The summed E-state index contributed by atoms with van der Waals surface area (Å²) in [6, 6.07) is 0. The third kappa shape index (κ3) is 6.96. The molecule has 0 rings (SSSR count). The molecule has 0 aliphatic carbocycles. The largest absolute Gasteiger partial charge is 0.374 e. The van der Waals surface area contributed by atoms with Gasteiger partial charge in [-0.05, 0) is 34.1 Å². The van der Waals surface area contributed by atoms with Gasteiger partial charge in [0.05, 0.1) is 0 Å². The Labute approximate surface area is 89.4 Å². The fraction of sp³-hybridized carbons (Fsp3) is 0.833. The lowest BCUT2D eigenvalue weighted by atomic mass is 10.1. The third-order valence-corrected chi connectivity index (χ3v) is 2.07. The van der Waals surface area contributed by atoms with Crippen LogP contribution in [0.5, 0.6) is 0 Å². The first-order valence-corrected chi connectivity index (χ1v) is 5.52. The molecule has 14 heavy (non-hydrogen) atoms. The van der Waals surface area contributed by atoms with Gasteiger partial charge in [0, 0.05) is 30.9 Å². The van der Waals surface area contributed by atoms with Crippen molar-refractivity contribution in [2.45, 2.75) is 46.6 Å². The zero-order valence-electron chi connectivity index (χ0n) is 10.5. The number of hydrogen-bond acceptors (Lipinski definition) is 2. The summed E-state index contributed by atoms with van der Waals surface area (Å²) in [5.41, 5.74) is 1.38. The molecule has 0 heterocycles. The molecule has 0 amide bonds. The average molecular weight is 198 g/mol. The smallest absolute Gasteiger partial charge is 0.0300 e. The molecule has 84 valence electrons. The quantitative estimate of drug-likeness (QED) is 0.706. The molecule has 0 radical (unpaired) electrons. The lowest BCUT2D eigenvalue weighted by molar-refractivity contribution is 0.318. The molecular weight excluding hydrogens is 172 g/mol. The van der Waals surface area contributed by atoms with Crippen LogP contribution in [0.2, 0.25) is 0 Å². The van der Waals surface area contributed by atoms with Crippen molar-refractivity contribution in [2.24, 2.45) is 0 Å². The van der Waals surface area contributed by atoms with Gasteiger partial charge in [0.1, 0.15) is 0 Å². The second-order valence-corrected chi connectivity index (χ2v) is 4.90. The highest BCUT2D eigenvalue weighted by Gasteiger charge is 2.09. The van der Waals surface area contributed by atoms with Crippen LogP contribution in [-0.2, 0) is 0 Å². The van der Waals surface area contributed by atoms with Gasteiger partial charge < -0.3 is 10.2 Å². The van der Waals surface area contributed by atoms with Gasteiger partial charge in [-0.3, -0.25) is 0 Å². The summed E-state index contributed by atoms with van der Waals surface area (Å²) >= 11 is 0. The topological polar surface area (TPSA) is 15.3 Å². The number of nitrogens with one attached hydrogen (secondary N) is 1. The second kappa shape index (κ2) is 6.07. The molecule has 0 unspecified atom stereocenters. The molecule has 2 nitrogen and oxygen atoms in total. The van der Waals surface area contributed by atoms with E-state index in [4.69, 9.17) is 0 Å². The SMILES string of the molecule is C=C(C)N(CCC)CCNC(C)(C)C. The van der Waals surface area contributed by atoms with Crippen molar-refractivity contribution in [3.8, 4) is 0 Å². The molecule has 0 saturated carbocycles. The zero-order chi connectivity index (χ0) is 11.2. The molecule has 0 aliphatic heterocycles. The van der Waals surface area contributed by atoms with E-state index in [1.807, 2.05) is 0 Å². The monoisotopic (exact) mass is 198 g/mol. The Kier molecular flexibility index (Phi) is 5.86. The van der Waals surface area contributed by atoms with Crippen molar-refractivity contribution in [2.75, 3.05) is 19.6 Å². The van der Waals surface area contributed by atoms with Crippen LogP contribution in [-0.4, -0.2) is 30.1 Å². The first kappa shape index (κ1) is 13.5. The van der Waals surface area contributed by atoms with Crippen molar-refractivity contribution in [3.05, 3.63) is 12.3 Å². The summed E-state index contributed by atoms with van der Waals surface area (Å²) in [6.07, 6.45) is 1.18. The highest BCUT2D eigenvalue weighted by atomic mass is 15.1. The Morgan fingerprint density at radius 3 is 2.21 bits per heavy atom. The van der Waals surface area contributed by atoms with Crippen LogP contribution in [0.15, 0.2) is 12.3 Å². The second-order valence-electron chi connectivity index (χ2n) is 4.90. The van der Waals surface area contributed by atoms with Gasteiger partial charge in [-0.2, -0.15) is 0 Å². The predicted octanol–water partition coefficient (Wildman–Crippen LogP) is 2.62. The molecule has 1 N–H and O–H groups in total. The summed E-state index contributed by atoms with van der Waals surface area (Å²) in [5.74, 6) is 0. The van der Waals surface area contributed by atoms with E-state index in [0.29, 0.717) is 0 Å². The van der Waals surface area contributed by atoms with Crippen molar-refractivity contribution in [3.63, 3.8) is 0 Å². The van der Waals surface area contributed by atoms with Crippen LogP contribution in [0.3, 0.4) is 0 Å². The minimum Gasteiger partial charge on any atom is -0.374 e. The normalized spacial score (nSPS) is 11.5. The summed E-state index contributed by atoms with van der Waals surface area (Å²) in [4.78, 5) is 2.33. The van der Waals surface area contributed by atoms with E-state index in [0.717, 1.165) is 19.6 Å². The molecule has 0 saturated heterocycles. The minimum absolute atomic E-state index is 0.215. The van der Waals surface area contributed by atoms with E-state index < -0.39 is 0 Å². The third-order valence-electron chi connectivity index (χ3n) is 2.07. The maximum absolute atomic E-state index is 3.99. The Morgan fingerprint density at radius 1 is 1.29 bits per heavy atom. The maximum Gasteiger partial charge on any atom is 0.0300 e. The van der Waals surface area contributed by atoms with Crippen LogP contribution >= 0.6 is 0 Å². The molecule has 0 aromatic carbocycles. The molecule has 0 aliphatic rings. The molecule has 0 spiro atoms. The van der Waals surface area contributed by atoms with Gasteiger partial charge in [-0.15, -0.1) is 0 Å². The van der Waals surface area contributed by atoms with E-state index in [9.17, 15) is 0 Å². The van der Waals surface area contributed by atoms with E-state index in [2.05, 4.69) is 51.4 Å². The van der Waals surface area contributed by atoms with E-state index in [-0.39, 0.29) is 5.54 Å². The molecule has 0 bridgehead atoms. The first-order valence-electron chi connectivity index (χ1n) is 5.52. The highest BCUT2D eigenvalue weighted by Crippen LogP contribution is 2.02. The molecule has 2 heteroatoms. The van der Waals surface area contributed by atoms with Crippen molar-refractivity contribution < 1.29 is 0 Å². The van der Waals surface area contributed by atoms with E-state index in [1.165, 1.54) is 12.1 Å². The van der Waals surface area contributed by atoms with Crippen molar-refractivity contribution in [1.82, 2.24) is 10.2 Å². The number of nitrogens with zero attached hydrogens (tertiary/aromatic N) is 1. The minimum atomic E-state index is 0.215. The van der Waals surface area contributed by atoms with E-state index in [1.54, 1.807) is 0 Å². The maximum atomic E-state index is 3.99. The predicted molar refractivity (Wildman–Crippen MR) is 64.4 cm³/mol. The molecular formula is C12H26N2. The average Bonchev–Trinajstić information content (AvgIpc) is 2.00. The Hall–Kier alpha value is -0.500. The van der Waals surface area contributed by atoms with Gasteiger partial charge in [-0.1, -0.05) is 13.5 Å². The summed E-state index contributed by atoms with van der Waals surface area (Å²) in [7, 11) is 0. The molecule has 0 aromatic heterocycles. The van der Waals surface area contributed by atoms with Crippen LogP contribution in [0.25, 0.3) is 0 Å². The number of allylic oxidation sites excluding steroid dienone is 1. The van der Waals surface area contributed by atoms with E-state index >= 15 is 0 Å². The van der Waals surface area contributed by atoms with Gasteiger partial charge >= 0.3 is 0 Å². The lowest BCUT2D eigenvalue weighted by Crippen LogP contribution is -2.41. The fourth-order valence-corrected chi connectivity index (χ4v) is 1.33. The van der Waals surface area contributed by atoms with Crippen molar-refractivity contribution >= 4 is 0 Å². The summed E-state index contributed by atoms with van der Waals surface area (Å²) in [5, 5.41) is 3.48. The molecule has 0 aromatic rings. The van der Waals surface area contributed by atoms with Crippen LogP contribution < -0.4 is 5.32 Å². The van der Waals surface area contributed by atoms with Gasteiger partial charge in [0.25, 0.3) is 0 Å². The standard InChI is InChI=1S/C12H26N2/c1-7-9-14(11(2)3)10-8-13-12(4,5)6/h13H,2,7-10H2,1,3-6H3. The zero-order valence-corrected chi connectivity index (χ0v) is 10.5. The van der Waals surface area contributed by atoms with Gasteiger partial charge in [0.2, 0.25) is 0 Å². The number of rotatable bonds is 6. The first-order chi connectivity index (χ1) is 6.37. The van der Waals surface area contributed by atoms with Crippen LogP contribution in [0, 0.1) is 0 Å². The highest BCUT2D eigenvalue weighted by molar-refractivity contribution is 4.88. The van der Waals surface area contributed by atoms with Crippen LogP contribution in [0.4, 0.5) is 0 Å².